The molecule has 2 fully saturated rings. The van der Waals surface area contributed by atoms with E-state index in [9.17, 15) is 22.8 Å². The first-order chi connectivity index (χ1) is 22.2. The first-order valence-electron chi connectivity index (χ1n) is 15.4. The monoisotopic (exact) mass is 634 g/mol. The molecule has 2 aliphatic heterocycles. The Hall–Kier alpha value is -4.59. The van der Waals surface area contributed by atoms with E-state index in [4.69, 9.17) is 20.6 Å². The lowest BCUT2D eigenvalue weighted by atomic mass is 9.92. The van der Waals surface area contributed by atoms with Gasteiger partial charge in [-0.25, -0.2) is 32.8 Å². The number of alkyl halides is 2. The van der Waals surface area contributed by atoms with Gasteiger partial charge in [0.15, 0.2) is 18.1 Å². The number of hydrogen-bond donors (Lipinski definition) is 1. The number of carbonyl (C=O) groups is 2. The number of primary amides is 1. The number of fused-ring (bicyclic) bond motifs is 2. The van der Waals surface area contributed by atoms with Crippen LogP contribution in [0.5, 0.6) is 5.75 Å². The zero-order chi connectivity index (χ0) is 32.1. The summed E-state index contributed by atoms with van der Waals surface area (Å²) in [7, 11) is 0. The molecule has 2 N–H and O–H groups in total. The molecule has 46 heavy (non-hydrogen) atoms. The second-order valence-electron chi connectivity index (χ2n) is 12.4. The van der Waals surface area contributed by atoms with E-state index >= 15 is 0 Å². The third-order valence-corrected chi connectivity index (χ3v) is 9.06. The molecule has 7 rings (SSSR count). The molecule has 240 valence electrons. The molecule has 3 aromatic heterocycles. The van der Waals surface area contributed by atoms with E-state index in [0.29, 0.717) is 76.7 Å². The number of anilines is 1. The van der Waals surface area contributed by atoms with Crippen LogP contribution in [0.4, 0.5) is 18.9 Å². The van der Waals surface area contributed by atoms with E-state index in [2.05, 4.69) is 9.97 Å². The Balaban J connectivity index is 1.31. The number of aromatic nitrogens is 5. The van der Waals surface area contributed by atoms with Crippen LogP contribution in [0.15, 0.2) is 36.8 Å². The van der Waals surface area contributed by atoms with Crippen LogP contribution in [0.3, 0.4) is 0 Å². The van der Waals surface area contributed by atoms with Gasteiger partial charge < -0.3 is 10.5 Å². The number of piperidine rings is 1. The number of nitrogens with zero attached hydrogens (tertiary/aromatic N) is 7. The molecule has 0 radical (unpaired) electrons. The van der Waals surface area contributed by atoms with E-state index in [-0.39, 0.29) is 43.4 Å². The van der Waals surface area contributed by atoms with Gasteiger partial charge >= 0.3 is 0 Å². The number of amides is 2. The fourth-order valence-electron chi connectivity index (χ4n) is 6.70. The first-order valence-corrected chi connectivity index (χ1v) is 15.4. The summed E-state index contributed by atoms with van der Waals surface area (Å²) in [5, 5.41) is 5.39. The number of pyridine rings is 1. The molecular weight excluding hydrogens is 601 g/mol. The molecule has 1 aromatic carbocycles. The van der Waals surface area contributed by atoms with Crippen LogP contribution in [-0.2, 0) is 17.8 Å². The van der Waals surface area contributed by atoms with Crippen LogP contribution in [0.25, 0.3) is 22.2 Å². The summed E-state index contributed by atoms with van der Waals surface area (Å²) in [5.41, 5.74) is 9.29. The molecule has 2 amide bonds. The van der Waals surface area contributed by atoms with E-state index in [0.717, 1.165) is 25.2 Å². The van der Waals surface area contributed by atoms with Crippen LogP contribution in [-0.4, -0.2) is 74.1 Å². The summed E-state index contributed by atoms with van der Waals surface area (Å²) >= 11 is 0. The number of hydrogen-bond acceptors (Lipinski definition) is 8. The second-order valence-corrected chi connectivity index (χ2v) is 12.4. The quantitative estimate of drug-likeness (QED) is 0.291. The molecule has 0 unspecified atom stereocenters. The Kier molecular flexibility index (Phi) is 7.83. The molecule has 1 saturated carbocycles. The van der Waals surface area contributed by atoms with Crippen molar-refractivity contribution in [1.82, 2.24) is 29.6 Å². The van der Waals surface area contributed by atoms with E-state index < -0.39 is 18.1 Å². The predicted octanol–water partition coefficient (Wildman–Crippen LogP) is 4.15. The number of benzene rings is 1. The third-order valence-electron chi connectivity index (χ3n) is 9.06. The Bertz CT molecular complexity index is 1810. The predicted molar refractivity (Wildman–Crippen MR) is 162 cm³/mol. The number of carbonyl (C=O) groups excluding carboxylic acids is 2. The summed E-state index contributed by atoms with van der Waals surface area (Å²) in [5.74, 6) is -0.365. The van der Waals surface area contributed by atoms with Gasteiger partial charge in [0.2, 0.25) is 0 Å². The number of likely N-dealkylation sites (tertiary alicyclic amines) is 1. The minimum atomic E-state index is -2.39. The second kappa shape index (κ2) is 12.0. The number of ether oxygens (including phenoxy) is 1. The van der Waals surface area contributed by atoms with Gasteiger partial charge in [-0.2, -0.15) is 5.10 Å². The summed E-state index contributed by atoms with van der Waals surface area (Å²) in [6.07, 6.45) is 4.69. The molecular formula is C32H33F3N8O3. The van der Waals surface area contributed by atoms with E-state index in [1.54, 1.807) is 29.3 Å². The molecule has 1 saturated heterocycles. The molecule has 2 atom stereocenters. The highest BCUT2D eigenvalue weighted by Gasteiger charge is 2.34. The minimum Gasteiger partial charge on any atom is -0.482 e. The molecule has 11 nitrogen and oxygen atoms in total. The Morgan fingerprint density at radius 2 is 1.93 bits per heavy atom. The topological polar surface area (TPSA) is 132 Å². The molecule has 4 aromatic rings. The summed E-state index contributed by atoms with van der Waals surface area (Å²) in [4.78, 5) is 42.2. The highest BCUT2D eigenvalue weighted by Crippen LogP contribution is 2.43. The van der Waals surface area contributed by atoms with Gasteiger partial charge in [-0.05, 0) is 55.2 Å². The van der Waals surface area contributed by atoms with E-state index in [1.165, 1.54) is 4.90 Å². The van der Waals surface area contributed by atoms with Crippen molar-refractivity contribution in [2.45, 2.75) is 51.6 Å². The number of nitrogens with two attached hydrogens (primary N) is 1. The van der Waals surface area contributed by atoms with Gasteiger partial charge in [0, 0.05) is 24.0 Å². The van der Waals surface area contributed by atoms with E-state index in [1.807, 2.05) is 11.6 Å². The lowest BCUT2D eigenvalue weighted by Crippen LogP contribution is -2.42. The number of halogens is 3. The SMILES string of the molecule is C[C@@H]1CN(CC(F)F)CC[C@H]1n1ncc2c(-c3ccc4c(c3)OCC(=O)N4Cc3ncc(F)cn3)c(C(N)=O)c(CC3CC3)nc21. The van der Waals surface area contributed by atoms with Gasteiger partial charge in [-0.15, -0.1) is 0 Å². The van der Waals surface area contributed by atoms with Crippen molar-refractivity contribution in [3.8, 4) is 16.9 Å². The molecule has 0 bridgehead atoms. The average molecular weight is 635 g/mol. The standard InChI is InChI=1S/C32H33F3N8O3/c1-17-13-41(14-26(34)35)7-6-23(17)43-32-21(12-39-43)29(30(31(36)45)22(40-32)8-18-2-3-18)19-4-5-24-25(9-19)46-16-28(44)42(24)15-27-37-10-20(33)11-38-27/h4-5,9-12,17-18,23,26H,2-3,6-8,13-16H2,1H3,(H2,36,45)/t17-,23-/m1/s1. The van der Waals surface area contributed by atoms with Crippen LogP contribution in [0.1, 0.15) is 54.1 Å². The smallest absolute Gasteiger partial charge is 0.265 e. The molecule has 5 heterocycles. The van der Waals surface area contributed by atoms with Crippen LogP contribution >= 0.6 is 0 Å². The lowest BCUT2D eigenvalue weighted by Gasteiger charge is -2.36. The van der Waals surface area contributed by atoms with Crippen molar-refractivity contribution in [2.75, 3.05) is 31.1 Å². The maximum absolute atomic E-state index is 13.4. The highest BCUT2D eigenvalue weighted by molar-refractivity contribution is 6.09. The summed E-state index contributed by atoms with van der Waals surface area (Å²) in [6.45, 7) is 2.60. The van der Waals surface area contributed by atoms with Crippen molar-refractivity contribution in [3.63, 3.8) is 0 Å². The van der Waals surface area contributed by atoms with Crippen molar-refractivity contribution >= 4 is 28.5 Å². The van der Waals surface area contributed by atoms with Crippen molar-refractivity contribution < 1.29 is 27.5 Å². The normalized spacial score (nSPS) is 20.3. The minimum absolute atomic E-state index is 0.0213. The van der Waals surface area contributed by atoms with Crippen molar-refractivity contribution in [3.05, 3.63) is 59.7 Å². The summed E-state index contributed by atoms with van der Waals surface area (Å²) in [6, 6.07) is 5.23. The van der Waals surface area contributed by atoms with Crippen LogP contribution in [0, 0.1) is 17.7 Å². The number of rotatable bonds is 9. The molecule has 0 spiro atoms. The van der Waals surface area contributed by atoms with Gasteiger partial charge in [0.25, 0.3) is 18.2 Å². The fraction of sp³-hybridized carbons (Fsp3) is 0.438. The fourth-order valence-corrected chi connectivity index (χ4v) is 6.70. The third kappa shape index (κ3) is 5.77. The summed E-state index contributed by atoms with van der Waals surface area (Å²) < 4.78 is 47.3. The molecule has 3 aliphatic rings. The average Bonchev–Trinajstić information content (AvgIpc) is 3.74. The van der Waals surface area contributed by atoms with Gasteiger partial charge in [-0.3, -0.25) is 19.4 Å². The highest BCUT2D eigenvalue weighted by atomic mass is 19.3. The van der Waals surface area contributed by atoms with Gasteiger partial charge in [0.1, 0.15) is 11.6 Å². The largest absolute Gasteiger partial charge is 0.482 e. The molecule has 1 aliphatic carbocycles. The first kappa shape index (κ1) is 30.1. The zero-order valence-electron chi connectivity index (χ0n) is 25.2. The maximum Gasteiger partial charge on any atom is 0.265 e. The molecule has 14 heteroatoms. The Labute approximate surface area is 262 Å². The zero-order valence-corrected chi connectivity index (χ0v) is 25.2. The van der Waals surface area contributed by atoms with Gasteiger partial charge in [-0.1, -0.05) is 13.0 Å². The Morgan fingerprint density at radius 1 is 1.15 bits per heavy atom. The Morgan fingerprint density at radius 3 is 2.63 bits per heavy atom. The lowest BCUT2D eigenvalue weighted by molar-refractivity contribution is -0.121. The van der Waals surface area contributed by atoms with Crippen molar-refractivity contribution in [2.24, 2.45) is 17.6 Å². The maximum atomic E-state index is 13.4. The van der Waals surface area contributed by atoms with Crippen LogP contribution < -0.4 is 15.4 Å². The van der Waals surface area contributed by atoms with Crippen molar-refractivity contribution in [1.29, 1.82) is 0 Å². The van der Waals surface area contributed by atoms with Gasteiger partial charge in [0.05, 0.1) is 54.7 Å². The van der Waals surface area contributed by atoms with Crippen LogP contribution in [0.2, 0.25) is 0 Å².